The minimum atomic E-state index is -4.89. The number of carboxylic acid groups (broad SMARTS) is 1. The number of benzene rings is 1. The fourth-order valence-electron chi connectivity index (χ4n) is 7.23. The van der Waals surface area contributed by atoms with Gasteiger partial charge in [0.1, 0.15) is 34.5 Å². The van der Waals surface area contributed by atoms with Gasteiger partial charge >= 0.3 is 12.1 Å². The van der Waals surface area contributed by atoms with E-state index in [0.29, 0.717) is 49.1 Å². The van der Waals surface area contributed by atoms with Gasteiger partial charge in [-0.3, -0.25) is 4.68 Å². The van der Waals surface area contributed by atoms with E-state index < -0.39 is 35.7 Å². The van der Waals surface area contributed by atoms with Crippen molar-refractivity contribution >= 4 is 39.5 Å². The van der Waals surface area contributed by atoms with Gasteiger partial charge < -0.3 is 33.5 Å². The lowest BCUT2D eigenvalue weighted by Crippen LogP contribution is -2.68. The third-order valence-electron chi connectivity index (χ3n) is 10.2. The first-order valence-electron chi connectivity index (χ1n) is 16.5. The summed E-state index contributed by atoms with van der Waals surface area (Å²) in [6.07, 6.45) is 2.00. The zero-order chi connectivity index (χ0) is 34.4. The minimum Gasteiger partial charge on any atom is -0.480 e. The minimum absolute atomic E-state index is 0.0313. The van der Waals surface area contributed by atoms with Gasteiger partial charge in [-0.25, -0.2) is 19.7 Å². The second-order valence-corrected chi connectivity index (χ2v) is 13.4. The average molecular weight is 692 g/mol. The maximum atomic E-state index is 14.1. The summed E-state index contributed by atoms with van der Waals surface area (Å²) in [5, 5.41) is 15.2. The van der Waals surface area contributed by atoms with E-state index in [1.54, 1.807) is 30.5 Å². The van der Waals surface area contributed by atoms with Gasteiger partial charge in [-0.2, -0.15) is 18.3 Å². The van der Waals surface area contributed by atoms with Gasteiger partial charge in [-0.15, -0.1) is 0 Å². The maximum absolute atomic E-state index is 14.1. The topological polar surface area (TPSA) is 141 Å². The van der Waals surface area contributed by atoms with Crippen molar-refractivity contribution in [3.63, 3.8) is 0 Å². The van der Waals surface area contributed by atoms with Crippen molar-refractivity contribution in [2.75, 3.05) is 42.7 Å². The van der Waals surface area contributed by atoms with E-state index in [2.05, 4.69) is 26.9 Å². The molecule has 260 valence electrons. The SMILES string of the molecule is C[C@@H]1N(c2cc(-c3cnn(C4CC4)c3)cnc2O[C@H]2C[C@@H](C(=O)O)N(c3nc(C(F)(F)F)nc4c3oc3ccccc34)C2)CCOC12COC2. The van der Waals surface area contributed by atoms with Crippen LogP contribution >= 0.6 is 0 Å². The largest absolute Gasteiger partial charge is 0.480 e. The molecule has 7 heterocycles. The highest BCUT2D eigenvalue weighted by Crippen LogP contribution is 2.43. The van der Waals surface area contributed by atoms with Crippen molar-refractivity contribution in [3.05, 3.63) is 54.7 Å². The molecule has 5 aromatic rings. The number of carboxylic acids is 1. The number of anilines is 2. The molecule has 3 aliphatic heterocycles. The number of fused-ring (bicyclic) bond motifs is 3. The lowest BCUT2D eigenvalue weighted by atomic mass is 9.90. The number of aromatic nitrogens is 5. The van der Waals surface area contributed by atoms with Gasteiger partial charge in [0.05, 0.1) is 44.6 Å². The molecule has 0 bridgehead atoms. The molecule has 0 amide bonds. The van der Waals surface area contributed by atoms with E-state index in [4.69, 9.17) is 23.6 Å². The molecule has 4 aliphatic rings. The predicted molar refractivity (Wildman–Crippen MR) is 172 cm³/mol. The van der Waals surface area contributed by atoms with Crippen LogP contribution in [0.3, 0.4) is 0 Å². The van der Waals surface area contributed by atoms with Crippen LogP contribution in [-0.2, 0) is 20.4 Å². The van der Waals surface area contributed by atoms with Crippen molar-refractivity contribution in [1.82, 2.24) is 24.7 Å². The van der Waals surface area contributed by atoms with Gasteiger partial charge in [0, 0.05) is 41.9 Å². The summed E-state index contributed by atoms with van der Waals surface area (Å²) in [4.78, 5) is 28.5. The third kappa shape index (κ3) is 5.11. The Balaban J connectivity index is 1.09. The first kappa shape index (κ1) is 31.1. The number of morpholine rings is 1. The number of ether oxygens (including phenoxy) is 3. The zero-order valence-electron chi connectivity index (χ0n) is 26.8. The van der Waals surface area contributed by atoms with Crippen LogP contribution in [-0.4, -0.2) is 92.5 Å². The highest BCUT2D eigenvalue weighted by molar-refractivity contribution is 6.06. The maximum Gasteiger partial charge on any atom is 0.451 e. The molecular weight excluding hydrogens is 659 g/mol. The number of furan rings is 1. The number of halogens is 3. The molecule has 16 heteroatoms. The molecule has 4 aromatic heterocycles. The van der Waals surface area contributed by atoms with Crippen molar-refractivity contribution < 1.29 is 41.7 Å². The fraction of sp³-hybridized carbons (Fsp3) is 0.441. The fourth-order valence-corrected chi connectivity index (χ4v) is 7.23. The number of nitrogens with zero attached hydrogens (tertiary/aromatic N) is 7. The van der Waals surface area contributed by atoms with E-state index >= 15 is 0 Å². The zero-order valence-corrected chi connectivity index (χ0v) is 26.8. The Morgan fingerprint density at radius 3 is 2.66 bits per heavy atom. The second-order valence-electron chi connectivity index (χ2n) is 13.4. The Morgan fingerprint density at radius 1 is 1.10 bits per heavy atom. The van der Waals surface area contributed by atoms with E-state index in [9.17, 15) is 23.1 Å². The second kappa shape index (κ2) is 11.3. The Kier molecular flexibility index (Phi) is 7.01. The molecule has 1 spiro atoms. The molecule has 9 rings (SSSR count). The lowest BCUT2D eigenvalue weighted by molar-refractivity contribution is -0.228. The number of alkyl halides is 3. The van der Waals surface area contributed by atoms with Crippen molar-refractivity contribution in [2.45, 2.75) is 62.2 Å². The van der Waals surface area contributed by atoms with Crippen LogP contribution in [0.5, 0.6) is 5.88 Å². The summed E-state index contributed by atoms with van der Waals surface area (Å²) in [5.41, 5.74) is 2.17. The average Bonchev–Trinajstić information content (AvgIpc) is 3.47. The first-order chi connectivity index (χ1) is 24.1. The van der Waals surface area contributed by atoms with Crippen LogP contribution in [0.25, 0.3) is 33.2 Å². The molecule has 3 atom stereocenters. The predicted octanol–water partition coefficient (Wildman–Crippen LogP) is 5.09. The Hall–Kier alpha value is -4.96. The molecule has 1 aromatic carbocycles. The molecule has 1 aliphatic carbocycles. The van der Waals surface area contributed by atoms with E-state index in [0.717, 1.165) is 24.0 Å². The van der Waals surface area contributed by atoms with Crippen LogP contribution in [0, 0.1) is 0 Å². The quantitative estimate of drug-likeness (QED) is 0.243. The number of aliphatic carboxylic acids is 1. The van der Waals surface area contributed by atoms with Gasteiger partial charge in [0.25, 0.3) is 0 Å². The van der Waals surface area contributed by atoms with E-state index in [1.807, 2.05) is 23.1 Å². The molecule has 1 saturated carbocycles. The Bertz CT molecular complexity index is 2130. The summed E-state index contributed by atoms with van der Waals surface area (Å²) in [6, 6.07) is 7.59. The summed E-state index contributed by atoms with van der Waals surface area (Å²) in [5.74, 6) is -2.62. The number of hydrogen-bond acceptors (Lipinski definition) is 11. The standard InChI is InChI=1S/C34H32F3N7O6/c1-18-33(16-47-17-33)48-9-8-42(18)24-10-19(20-13-39-44(14-20)21-6-7-21)12-38-30(24)49-22-11-25(31(45)46)43(15-22)29-28-27(40-32(41-29)34(35,36)37)23-4-2-3-5-26(23)50-28/h2-5,10,12-14,18,21-22,25H,6-9,11,15-17H2,1H3,(H,45,46)/t18-,22-,25-/m0/s1. The molecule has 0 unspecified atom stereocenters. The third-order valence-corrected chi connectivity index (χ3v) is 10.2. The van der Waals surface area contributed by atoms with Gasteiger partial charge in [-0.05, 0) is 38.0 Å². The summed E-state index contributed by atoms with van der Waals surface area (Å²) in [6.45, 7) is 3.88. The van der Waals surface area contributed by atoms with Gasteiger partial charge in [-0.1, -0.05) is 12.1 Å². The Morgan fingerprint density at radius 2 is 1.92 bits per heavy atom. The summed E-state index contributed by atoms with van der Waals surface area (Å²) < 4.78 is 68.4. The normalized spacial score (nSPS) is 23.6. The number of hydrogen-bond donors (Lipinski definition) is 1. The lowest BCUT2D eigenvalue weighted by Gasteiger charge is -2.53. The smallest absolute Gasteiger partial charge is 0.451 e. The van der Waals surface area contributed by atoms with Crippen LogP contribution in [0.1, 0.15) is 38.1 Å². The van der Waals surface area contributed by atoms with Crippen molar-refractivity contribution in [2.24, 2.45) is 0 Å². The van der Waals surface area contributed by atoms with E-state index in [1.165, 1.54) is 4.90 Å². The first-order valence-corrected chi connectivity index (χ1v) is 16.5. The van der Waals surface area contributed by atoms with E-state index in [-0.39, 0.29) is 41.8 Å². The highest BCUT2D eigenvalue weighted by atomic mass is 19.4. The number of carbonyl (C=O) groups is 1. The molecule has 3 saturated heterocycles. The highest BCUT2D eigenvalue weighted by Gasteiger charge is 2.50. The van der Waals surface area contributed by atoms with Crippen LogP contribution in [0.2, 0.25) is 0 Å². The summed E-state index contributed by atoms with van der Waals surface area (Å²) in [7, 11) is 0. The van der Waals surface area contributed by atoms with Gasteiger partial charge in [0.2, 0.25) is 11.7 Å². The molecular formula is C34H32F3N7O6. The number of rotatable bonds is 7. The number of pyridine rings is 1. The molecule has 50 heavy (non-hydrogen) atoms. The van der Waals surface area contributed by atoms with Crippen molar-refractivity contribution in [1.29, 1.82) is 0 Å². The monoisotopic (exact) mass is 691 g/mol. The van der Waals surface area contributed by atoms with Crippen LogP contribution in [0.4, 0.5) is 24.7 Å². The van der Waals surface area contributed by atoms with Crippen LogP contribution in [0.15, 0.2) is 53.3 Å². The molecule has 4 fully saturated rings. The molecule has 1 N–H and O–H groups in total. The van der Waals surface area contributed by atoms with Gasteiger partial charge in [0.15, 0.2) is 11.4 Å². The Labute approximate surface area is 282 Å². The van der Waals surface area contributed by atoms with Crippen LogP contribution < -0.4 is 14.5 Å². The summed E-state index contributed by atoms with van der Waals surface area (Å²) >= 11 is 0. The molecule has 13 nitrogen and oxygen atoms in total. The van der Waals surface area contributed by atoms with Crippen molar-refractivity contribution in [3.8, 4) is 17.0 Å². The molecule has 0 radical (unpaired) electrons. The number of para-hydroxylation sites is 1.